The molecule has 0 aliphatic heterocycles. The van der Waals surface area contributed by atoms with E-state index in [-0.39, 0.29) is 0 Å². The van der Waals surface area contributed by atoms with E-state index >= 15 is 0 Å². The first-order chi connectivity index (χ1) is 7.00. The van der Waals surface area contributed by atoms with Crippen LogP contribution in [0.5, 0.6) is 0 Å². The van der Waals surface area contributed by atoms with Crippen molar-refractivity contribution in [2.75, 3.05) is 0 Å². The van der Waals surface area contributed by atoms with Crippen molar-refractivity contribution >= 4 is 15.9 Å². The van der Waals surface area contributed by atoms with Gasteiger partial charge in [-0.3, -0.25) is 0 Å². The van der Waals surface area contributed by atoms with Crippen LogP contribution >= 0.6 is 15.9 Å². The number of halogens is 1. The molecule has 2 heteroatoms. The van der Waals surface area contributed by atoms with Crippen molar-refractivity contribution in [2.24, 2.45) is 0 Å². The van der Waals surface area contributed by atoms with Crippen LogP contribution in [0.3, 0.4) is 0 Å². The number of aryl methyl sites for hydroxylation is 1. The second-order valence-electron chi connectivity index (χ2n) is 4.04. The number of rotatable bonds is 4. The summed E-state index contributed by atoms with van der Waals surface area (Å²) in [6.07, 6.45) is 1.19. The predicted molar refractivity (Wildman–Crippen MR) is 67.9 cm³/mol. The smallest absolute Gasteiger partial charge is 0.0804 e. The minimum Gasteiger partial charge on any atom is -0.388 e. The van der Waals surface area contributed by atoms with Gasteiger partial charge in [-0.25, -0.2) is 0 Å². The Morgan fingerprint density at radius 3 is 2.80 bits per heavy atom. The summed E-state index contributed by atoms with van der Waals surface area (Å²) in [4.78, 5) is 0. The highest BCUT2D eigenvalue weighted by Crippen LogP contribution is 2.28. The topological polar surface area (TPSA) is 20.2 Å². The highest BCUT2D eigenvalue weighted by Gasteiger charge is 2.10. The van der Waals surface area contributed by atoms with Gasteiger partial charge in [-0.2, -0.15) is 0 Å². The van der Waals surface area contributed by atoms with Gasteiger partial charge in [-0.1, -0.05) is 39.2 Å². The van der Waals surface area contributed by atoms with Gasteiger partial charge >= 0.3 is 0 Å². The van der Waals surface area contributed by atoms with Gasteiger partial charge in [0.1, 0.15) is 0 Å². The fourth-order valence-corrected chi connectivity index (χ4v) is 1.97. The molecule has 82 valence electrons. The summed E-state index contributed by atoms with van der Waals surface area (Å²) in [7, 11) is 0. The van der Waals surface area contributed by atoms with Gasteiger partial charge in [0.2, 0.25) is 0 Å². The van der Waals surface area contributed by atoms with E-state index in [0.29, 0.717) is 0 Å². The number of aliphatic hydroxyl groups excluding tert-OH is 1. The number of allylic oxidation sites excluding steroid dienone is 1. The van der Waals surface area contributed by atoms with Gasteiger partial charge in [-0.15, -0.1) is 6.58 Å². The van der Waals surface area contributed by atoms with Crippen LogP contribution in [0.2, 0.25) is 0 Å². The van der Waals surface area contributed by atoms with Crippen molar-refractivity contribution in [3.8, 4) is 0 Å². The molecule has 0 heterocycles. The molecule has 15 heavy (non-hydrogen) atoms. The van der Waals surface area contributed by atoms with Crippen molar-refractivity contribution in [1.29, 1.82) is 0 Å². The SMILES string of the molecule is C=C(C)CCC(O)c1cc(C)ccc1Br. The summed E-state index contributed by atoms with van der Waals surface area (Å²) in [5, 5.41) is 10.0. The Morgan fingerprint density at radius 2 is 2.20 bits per heavy atom. The zero-order valence-electron chi connectivity index (χ0n) is 9.26. The summed E-state index contributed by atoms with van der Waals surface area (Å²) in [5.41, 5.74) is 3.25. The van der Waals surface area contributed by atoms with Crippen LogP contribution < -0.4 is 0 Å². The van der Waals surface area contributed by atoms with E-state index in [2.05, 4.69) is 22.5 Å². The third-order valence-corrected chi connectivity index (χ3v) is 3.08. The lowest BCUT2D eigenvalue weighted by molar-refractivity contribution is 0.167. The maximum atomic E-state index is 10.0. The van der Waals surface area contributed by atoms with Gasteiger partial charge < -0.3 is 5.11 Å². The normalized spacial score (nSPS) is 12.5. The second-order valence-corrected chi connectivity index (χ2v) is 4.89. The Hall–Kier alpha value is -0.600. The second kappa shape index (κ2) is 5.47. The van der Waals surface area contributed by atoms with Crippen LogP contribution in [0.25, 0.3) is 0 Å². The molecule has 0 aromatic heterocycles. The Morgan fingerprint density at radius 1 is 1.53 bits per heavy atom. The molecule has 1 unspecified atom stereocenters. The Balaban J connectivity index is 2.76. The quantitative estimate of drug-likeness (QED) is 0.814. The maximum Gasteiger partial charge on any atom is 0.0804 e. The van der Waals surface area contributed by atoms with Gasteiger partial charge in [0, 0.05) is 4.47 Å². The van der Waals surface area contributed by atoms with E-state index in [9.17, 15) is 5.11 Å². The monoisotopic (exact) mass is 268 g/mol. The van der Waals surface area contributed by atoms with Crippen molar-refractivity contribution in [3.05, 3.63) is 46.0 Å². The van der Waals surface area contributed by atoms with E-state index < -0.39 is 6.10 Å². The van der Waals surface area contributed by atoms with Gasteiger partial charge in [0.25, 0.3) is 0 Å². The van der Waals surface area contributed by atoms with Crippen LogP contribution in [0, 0.1) is 6.92 Å². The lowest BCUT2D eigenvalue weighted by Crippen LogP contribution is -1.99. The Bertz CT molecular complexity index is 358. The summed E-state index contributed by atoms with van der Waals surface area (Å²) < 4.78 is 0.974. The number of aliphatic hydroxyl groups is 1. The molecular formula is C13H17BrO. The molecule has 1 rings (SSSR count). The minimum absolute atomic E-state index is 0.407. The molecule has 0 amide bonds. The third kappa shape index (κ3) is 3.80. The maximum absolute atomic E-state index is 10.0. The van der Waals surface area contributed by atoms with E-state index in [1.807, 2.05) is 32.0 Å². The fourth-order valence-electron chi connectivity index (χ4n) is 1.46. The van der Waals surface area contributed by atoms with E-state index in [4.69, 9.17) is 0 Å². The number of hydrogen-bond donors (Lipinski definition) is 1. The van der Waals surface area contributed by atoms with Crippen LogP contribution in [0.4, 0.5) is 0 Å². The molecule has 1 N–H and O–H groups in total. The molecule has 0 saturated carbocycles. The van der Waals surface area contributed by atoms with Crippen LogP contribution in [0.15, 0.2) is 34.8 Å². The molecule has 1 atom stereocenters. The number of benzene rings is 1. The summed E-state index contributed by atoms with van der Waals surface area (Å²) in [5.74, 6) is 0. The molecule has 0 saturated heterocycles. The van der Waals surface area contributed by atoms with Crippen LogP contribution in [-0.4, -0.2) is 5.11 Å². The van der Waals surface area contributed by atoms with Crippen LogP contribution in [0.1, 0.15) is 37.0 Å². The van der Waals surface area contributed by atoms with Gasteiger partial charge in [0.15, 0.2) is 0 Å². The van der Waals surface area contributed by atoms with E-state index in [0.717, 1.165) is 28.5 Å². The average Bonchev–Trinajstić information content (AvgIpc) is 2.18. The van der Waals surface area contributed by atoms with Gasteiger partial charge in [-0.05, 0) is 38.3 Å². The summed E-state index contributed by atoms with van der Waals surface area (Å²) in [6.45, 7) is 7.85. The highest BCUT2D eigenvalue weighted by atomic mass is 79.9. The van der Waals surface area contributed by atoms with Gasteiger partial charge in [0.05, 0.1) is 6.10 Å². The zero-order chi connectivity index (χ0) is 11.4. The third-order valence-electron chi connectivity index (χ3n) is 2.36. The minimum atomic E-state index is -0.407. The lowest BCUT2D eigenvalue weighted by Gasteiger charge is -2.13. The first kappa shape index (κ1) is 12.5. The lowest BCUT2D eigenvalue weighted by atomic mass is 10.0. The standard InChI is InChI=1S/C13H17BrO/c1-9(2)4-7-13(15)11-8-10(3)5-6-12(11)14/h5-6,8,13,15H,1,4,7H2,2-3H3. The Kier molecular flexibility index (Phi) is 4.55. The van der Waals surface area contributed by atoms with Crippen LogP contribution in [-0.2, 0) is 0 Å². The Labute approximate surface area is 100.0 Å². The van der Waals surface area contributed by atoms with Crippen molar-refractivity contribution in [3.63, 3.8) is 0 Å². The van der Waals surface area contributed by atoms with Crippen molar-refractivity contribution < 1.29 is 5.11 Å². The molecule has 1 aromatic carbocycles. The van der Waals surface area contributed by atoms with E-state index in [1.54, 1.807) is 0 Å². The fraction of sp³-hybridized carbons (Fsp3) is 0.385. The first-order valence-electron chi connectivity index (χ1n) is 5.09. The molecule has 0 bridgehead atoms. The molecule has 1 nitrogen and oxygen atoms in total. The molecule has 0 aliphatic carbocycles. The highest BCUT2D eigenvalue weighted by molar-refractivity contribution is 9.10. The zero-order valence-corrected chi connectivity index (χ0v) is 10.8. The molecule has 0 fully saturated rings. The molecule has 0 aliphatic rings. The molecular weight excluding hydrogens is 252 g/mol. The molecule has 0 radical (unpaired) electrons. The van der Waals surface area contributed by atoms with Crippen molar-refractivity contribution in [1.82, 2.24) is 0 Å². The summed E-state index contributed by atoms with van der Waals surface area (Å²) >= 11 is 3.46. The van der Waals surface area contributed by atoms with Crippen molar-refractivity contribution in [2.45, 2.75) is 32.8 Å². The molecule has 1 aromatic rings. The summed E-state index contributed by atoms with van der Waals surface area (Å²) in [6, 6.07) is 6.03. The number of hydrogen-bond acceptors (Lipinski definition) is 1. The first-order valence-corrected chi connectivity index (χ1v) is 5.88. The predicted octanol–water partition coefficient (Wildman–Crippen LogP) is 4.15. The van der Waals surface area contributed by atoms with E-state index in [1.165, 1.54) is 5.56 Å². The average molecular weight is 269 g/mol. The molecule has 0 spiro atoms. The largest absolute Gasteiger partial charge is 0.388 e.